The van der Waals surface area contributed by atoms with E-state index in [9.17, 15) is 0 Å². The van der Waals surface area contributed by atoms with Crippen LogP contribution < -0.4 is 5.32 Å². The van der Waals surface area contributed by atoms with E-state index >= 15 is 0 Å². The van der Waals surface area contributed by atoms with Crippen molar-refractivity contribution in [2.45, 2.75) is 77.3 Å². The highest BCUT2D eigenvalue weighted by Gasteiger charge is 2.45. The Morgan fingerprint density at radius 3 is 2.50 bits per heavy atom. The molecular formula is C16H32N2. The summed E-state index contributed by atoms with van der Waals surface area (Å²) in [5.74, 6) is 0.848. The van der Waals surface area contributed by atoms with Gasteiger partial charge in [0.2, 0.25) is 0 Å². The molecule has 2 aliphatic rings. The monoisotopic (exact) mass is 252 g/mol. The van der Waals surface area contributed by atoms with E-state index in [1.807, 2.05) is 0 Å². The highest BCUT2D eigenvalue weighted by Crippen LogP contribution is 2.38. The summed E-state index contributed by atoms with van der Waals surface area (Å²) in [6, 6.07) is 0. The minimum Gasteiger partial charge on any atom is -0.309 e. The fourth-order valence-electron chi connectivity index (χ4n) is 3.96. The summed E-state index contributed by atoms with van der Waals surface area (Å²) in [6.07, 6.45) is 8.38. The van der Waals surface area contributed by atoms with Crippen LogP contribution in [0.25, 0.3) is 0 Å². The van der Waals surface area contributed by atoms with Gasteiger partial charge in [-0.3, -0.25) is 4.90 Å². The van der Waals surface area contributed by atoms with Crippen LogP contribution >= 0.6 is 0 Å². The van der Waals surface area contributed by atoms with Gasteiger partial charge in [0, 0.05) is 30.7 Å². The molecule has 1 aliphatic heterocycles. The lowest BCUT2D eigenvalue weighted by Gasteiger charge is -2.52. The minimum absolute atomic E-state index is 0.291. The number of piperazine rings is 1. The van der Waals surface area contributed by atoms with Gasteiger partial charge >= 0.3 is 0 Å². The maximum absolute atomic E-state index is 3.78. The van der Waals surface area contributed by atoms with E-state index in [0.29, 0.717) is 11.1 Å². The molecule has 1 heterocycles. The molecule has 1 saturated heterocycles. The van der Waals surface area contributed by atoms with Gasteiger partial charge in [0.05, 0.1) is 0 Å². The van der Waals surface area contributed by atoms with Gasteiger partial charge in [0.25, 0.3) is 0 Å². The molecule has 1 unspecified atom stereocenters. The predicted molar refractivity (Wildman–Crippen MR) is 78.9 cm³/mol. The second-order valence-corrected chi connectivity index (χ2v) is 7.44. The topological polar surface area (TPSA) is 15.3 Å². The van der Waals surface area contributed by atoms with Crippen LogP contribution in [-0.2, 0) is 0 Å². The number of nitrogens with zero attached hydrogens (tertiary/aromatic N) is 1. The van der Waals surface area contributed by atoms with Gasteiger partial charge < -0.3 is 5.32 Å². The maximum atomic E-state index is 3.78. The quantitative estimate of drug-likeness (QED) is 0.825. The molecule has 0 aromatic carbocycles. The largest absolute Gasteiger partial charge is 0.309 e. The number of nitrogens with one attached hydrogen (secondary N) is 1. The lowest BCUT2D eigenvalue weighted by atomic mass is 9.86. The Labute approximate surface area is 114 Å². The SMILES string of the molecule is CCCC(C)CN1CC(C)(C)NCC12CCCC2. The van der Waals surface area contributed by atoms with Gasteiger partial charge in [-0.05, 0) is 39.0 Å². The average molecular weight is 252 g/mol. The van der Waals surface area contributed by atoms with Crippen LogP contribution in [0, 0.1) is 5.92 Å². The number of hydrogen-bond acceptors (Lipinski definition) is 2. The Kier molecular flexibility index (Phi) is 4.38. The first-order chi connectivity index (χ1) is 8.47. The van der Waals surface area contributed by atoms with Crippen molar-refractivity contribution in [1.29, 1.82) is 0 Å². The van der Waals surface area contributed by atoms with Gasteiger partial charge in [0.15, 0.2) is 0 Å². The van der Waals surface area contributed by atoms with Crippen molar-refractivity contribution in [3.63, 3.8) is 0 Å². The molecule has 0 aromatic rings. The Bertz CT molecular complexity index is 266. The van der Waals surface area contributed by atoms with Crippen molar-refractivity contribution in [2.75, 3.05) is 19.6 Å². The summed E-state index contributed by atoms with van der Waals surface area (Å²) in [4.78, 5) is 2.84. The van der Waals surface area contributed by atoms with Crippen molar-refractivity contribution >= 4 is 0 Å². The molecule has 1 spiro atoms. The Morgan fingerprint density at radius 2 is 1.89 bits per heavy atom. The van der Waals surface area contributed by atoms with Gasteiger partial charge in [0.1, 0.15) is 0 Å². The summed E-state index contributed by atoms with van der Waals surface area (Å²) in [7, 11) is 0. The van der Waals surface area contributed by atoms with Crippen molar-refractivity contribution in [3.05, 3.63) is 0 Å². The molecule has 1 saturated carbocycles. The molecule has 2 nitrogen and oxygen atoms in total. The Morgan fingerprint density at radius 1 is 1.22 bits per heavy atom. The van der Waals surface area contributed by atoms with E-state index in [1.54, 1.807) is 0 Å². The zero-order valence-corrected chi connectivity index (χ0v) is 12.9. The van der Waals surface area contributed by atoms with E-state index in [-0.39, 0.29) is 0 Å². The van der Waals surface area contributed by atoms with E-state index in [1.165, 1.54) is 58.2 Å². The maximum Gasteiger partial charge on any atom is 0.0335 e. The molecule has 2 fully saturated rings. The van der Waals surface area contributed by atoms with Gasteiger partial charge in [-0.2, -0.15) is 0 Å². The zero-order valence-electron chi connectivity index (χ0n) is 12.9. The molecule has 2 rings (SSSR count). The first kappa shape index (κ1) is 14.3. The van der Waals surface area contributed by atoms with Crippen molar-refractivity contribution in [1.82, 2.24) is 10.2 Å². The first-order valence-corrected chi connectivity index (χ1v) is 7.97. The normalized spacial score (nSPS) is 28.7. The van der Waals surface area contributed by atoms with Gasteiger partial charge in [-0.1, -0.05) is 33.1 Å². The van der Waals surface area contributed by atoms with Crippen molar-refractivity contribution in [2.24, 2.45) is 5.92 Å². The first-order valence-electron chi connectivity index (χ1n) is 7.97. The molecule has 0 amide bonds. The molecule has 1 atom stereocenters. The van der Waals surface area contributed by atoms with Crippen LogP contribution in [0.4, 0.5) is 0 Å². The van der Waals surface area contributed by atoms with Crippen LogP contribution in [0.1, 0.15) is 66.2 Å². The summed E-state index contributed by atoms with van der Waals surface area (Å²) in [5, 5.41) is 3.78. The van der Waals surface area contributed by atoms with Crippen LogP contribution in [0.5, 0.6) is 0 Å². The third kappa shape index (κ3) is 3.08. The van der Waals surface area contributed by atoms with E-state index in [2.05, 4.69) is 37.9 Å². The number of hydrogen-bond donors (Lipinski definition) is 1. The van der Waals surface area contributed by atoms with Gasteiger partial charge in [-0.25, -0.2) is 0 Å². The Balaban J connectivity index is 2.05. The molecule has 0 bridgehead atoms. The third-order valence-corrected chi connectivity index (χ3v) is 5.00. The minimum atomic E-state index is 0.291. The van der Waals surface area contributed by atoms with E-state index in [0.717, 1.165) is 5.92 Å². The highest BCUT2D eigenvalue weighted by molar-refractivity contribution is 5.04. The highest BCUT2D eigenvalue weighted by atomic mass is 15.3. The third-order valence-electron chi connectivity index (χ3n) is 5.00. The molecule has 1 aliphatic carbocycles. The van der Waals surface area contributed by atoms with Crippen LogP contribution in [0.15, 0.2) is 0 Å². The number of rotatable bonds is 4. The lowest BCUT2D eigenvalue weighted by Crippen LogP contribution is -2.67. The second-order valence-electron chi connectivity index (χ2n) is 7.44. The van der Waals surface area contributed by atoms with Crippen LogP contribution in [0.2, 0.25) is 0 Å². The predicted octanol–water partition coefficient (Wildman–Crippen LogP) is 3.42. The summed E-state index contributed by atoms with van der Waals surface area (Å²) < 4.78 is 0. The van der Waals surface area contributed by atoms with Crippen molar-refractivity contribution < 1.29 is 0 Å². The molecular weight excluding hydrogens is 220 g/mol. The average Bonchev–Trinajstić information content (AvgIpc) is 2.74. The molecule has 106 valence electrons. The summed E-state index contributed by atoms with van der Waals surface area (Å²) >= 11 is 0. The van der Waals surface area contributed by atoms with E-state index < -0.39 is 0 Å². The fourth-order valence-corrected chi connectivity index (χ4v) is 3.96. The van der Waals surface area contributed by atoms with Gasteiger partial charge in [-0.15, -0.1) is 0 Å². The molecule has 18 heavy (non-hydrogen) atoms. The van der Waals surface area contributed by atoms with E-state index in [4.69, 9.17) is 0 Å². The standard InChI is InChI=1S/C16H32N2/c1-5-8-14(2)11-18-13-15(3,4)17-12-16(18)9-6-7-10-16/h14,17H,5-13H2,1-4H3. The second kappa shape index (κ2) is 5.50. The molecule has 2 heteroatoms. The molecule has 1 N–H and O–H groups in total. The lowest BCUT2D eigenvalue weighted by molar-refractivity contribution is 0.00792. The molecule has 0 radical (unpaired) electrons. The Hall–Kier alpha value is -0.0800. The smallest absolute Gasteiger partial charge is 0.0335 e. The summed E-state index contributed by atoms with van der Waals surface area (Å²) in [5.41, 5.74) is 0.789. The van der Waals surface area contributed by atoms with Crippen LogP contribution in [0.3, 0.4) is 0 Å². The van der Waals surface area contributed by atoms with Crippen molar-refractivity contribution in [3.8, 4) is 0 Å². The molecule has 0 aromatic heterocycles. The summed E-state index contributed by atoms with van der Waals surface area (Å²) in [6.45, 7) is 13.2. The zero-order chi connectivity index (χ0) is 13.2. The van der Waals surface area contributed by atoms with Crippen LogP contribution in [-0.4, -0.2) is 35.6 Å². The fraction of sp³-hybridized carbons (Fsp3) is 1.00.